The minimum absolute atomic E-state index is 0.122. The molecule has 0 aliphatic heterocycles. The van der Waals surface area contributed by atoms with Crippen molar-refractivity contribution in [3.63, 3.8) is 0 Å². The van der Waals surface area contributed by atoms with E-state index in [0.717, 1.165) is 56.3 Å². The number of hydrogen-bond acceptors (Lipinski definition) is 6. The number of nitrogens with zero attached hydrogens (tertiary/aromatic N) is 2. The van der Waals surface area contributed by atoms with Crippen LogP contribution in [0.4, 0.5) is 11.4 Å². The van der Waals surface area contributed by atoms with Crippen LogP contribution in [-0.2, 0) is 27.9 Å². The molecule has 4 aromatic carbocycles. The first-order valence-corrected chi connectivity index (χ1v) is 20.7. The number of aryl methyl sites for hydroxylation is 2. The van der Waals surface area contributed by atoms with E-state index >= 15 is 0 Å². The van der Waals surface area contributed by atoms with E-state index in [1.807, 2.05) is 86.6 Å². The van der Waals surface area contributed by atoms with Gasteiger partial charge in [-0.2, -0.15) is 0 Å². The topological polar surface area (TPSA) is 83.6 Å². The third kappa shape index (κ3) is 14.8. The van der Waals surface area contributed by atoms with Gasteiger partial charge < -0.3 is 19.7 Å². The van der Waals surface area contributed by atoms with E-state index in [9.17, 15) is 10.2 Å². The average molecular weight is 766 g/mol. The second-order valence-electron chi connectivity index (χ2n) is 13.8. The molecule has 6 nitrogen and oxygen atoms in total. The van der Waals surface area contributed by atoms with Crippen molar-refractivity contribution in [2.45, 2.75) is 66.2 Å². The molecule has 0 aromatic heterocycles. The molecule has 0 aliphatic rings. The van der Waals surface area contributed by atoms with Crippen molar-refractivity contribution in [1.29, 1.82) is 0 Å². The van der Waals surface area contributed by atoms with Gasteiger partial charge in [0.1, 0.15) is 36.2 Å². The van der Waals surface area contributed by atoms with Gasteiger partial charge in [-0.05, 0) is 96.5 Å². The van der Waals surface area contributed by atoms with Crippen molar-refractivity contribution in [1.82, 2.24) is 0 Å². The third-order valence-electron chi connectivity index (χ3n) is 7.30. The number of phenolic OH excluding ortho intramolecular Hbond substituents is 2. The summed E-state index contributed by atoms with van der Waals surface area (Å²) in [6, 6.07) is 22.9. The predicted octanol–water partition coefficient (Wildman–Crippen LogP) is 12.0. The zero-order valence-electron chi connectivity index (χ0n) is 30.9. The second-order valence-corrected chi connectivity index (χ2v) is 16.4. The number of ether oxygens (including phenoxy) is 2. The van der Waals surface area contributed by atoms with Crippen LogP contribution in [0.1, 0.15) is 74.9 Å². The average Bonchev–Trinajstić information content (AvgIpc) is 3.07. The third-order valence-corrected chi connectivity index (χ3v) is 7.30. The quantitative estimate of drug-likeness (QED) is 0.0957. The molecular weight excluding hydrogens is 715 g/mol. The van der Waals surface area contributed by atoms with Gasteiger partial charge in [-0.1, -0.05) is 79.0 Å². The SMILES string of the molecule is C=CCOc1ccc(N=Cc2cc(C)cc(C(C)(C)C)c2O)cc1.C=CCOc1ccc(N=Cc2cc(C)cc(C(C)(C)C)c2O)cc1.[Cl][Ti][Cl]. The van der Waals surface area contributed by atoms with Crippen LogP contribution in [0.25, 0.3) is 0 Å². The van der Waals surface area contributed by atoms with E-state index < -0.39 is 17.0 Å². The van der Waals surface area contributed by atoms with E-state index in [-0.39, 0.29) is 10.8 Å². The van der Waals surface area contributed by atoms with Gasteiger partial charge in [-0.3, -0.25) is 9.98 Å². The van der Waals surface area contributed by atoms with Crippen LogP contribution in [0, 0.1) is 13.8 Å². The Morgan fingerprint density at radius 3 is 1.22 bits per heavy atom. The molecule has 270 valence electrons. The van der Waals surface area contributed by atoms with E-state index in [4.69, 9.17) is 28.1 Å². The van der Waals surface area contributed by atoms with Crippen LogP contribution in [-0.4, -0.2) is 35.9 Å². The van der Waals surface area contributed by atoms with Gasteiger partial charge in [0.15, 0.2) is 0 Å². The number of aliphatic imine (C=N–C) groups is 2. The molecule has 0 saturated heterocycles. The summed E-state index contributed by atoms with van der Waals surface area (Å²) >= 11 is -0.556. The first-order chi connectivity index (χ1) is 24.0. The number of aromatic hydroxyl groups is 2. The molecule has 0 saturated carbocycles. The molecule has 0 spiro atoms. The van der Waals surface area contributed by atoms with E-state index in [2.05, 4.69) is 64.7 Å². The molecule has 9 heteroatoms. The predicted molar refractivity (Wildman–Crippen MR) is 214 cm³/mol. The van der Waals surface area contributed by atoms with Crippen molar-refractivity contribution >= 4 is 42.4 Å². The first kappa shape index (κ1) is 43.4. The summed E-state index contributed by atoms with van der Waals surface area (Å²) in [6.07, 6.45) is 6.83. The molecule has 0 amide bonds. The number of benzene rings is 4. The Kier molecular flexibility index (Phi) is 17.8. The summed E-state index contributed by atoms with van der Waals surface area (Å²) in [5, 5.41) is 21.1. The number of phenols is 2. The second kappa shape index (κ2) is 20.9. The van der Waals surface area contributed by atoms with Crippen molar-refractivity contribution in [2.75, 3.05) is 13.2 Å². The molecule has 0 bridgehead atoms. The van der Waals surface area contributed by atoms with Crippen molar-refractivity contribution < 1.29 is 36.7 Å². The molecule has 0 atom stereocenters. The van der Waals surface area contributed by atoms with Gasteiger partial charge in [0.25, 0.3) is 0 Å². The maximum atomic E-state index is 10.5. The molecule has 4 aromatic rings. The van der Waals surface area contributed by atoms with Crippen LogP contribution in [0.5, 0.6) is 23.0 Å². The van der Waals surface area contributed by atoms with Crippen LogP contribution < -0.4 is 9.47 Å². The molecule has 51 heavy (non-hydrogen) atoms. The van der Waals surface area contributed by atoms with Gasteiger partial charge in [0, 0.05) is 34.7 Å². The van der Waals surface area contributed by atoms with Gasteiger partial charge in [-0.15, -0.1) is 0 Å². The summed E-state index contributed by atoms with van der Waals surface area (Å²) in [6.45, 7) is 24.8. The van der Waals surface area contributed by atoms with E-state index in [1.54, 1.807) is 24.6 Å². The Bertz CT molecular complexity index is 1640. The first-order valence-electron chi connectivity index (χ1n) is 16.4. The summed E-state index contributed by atoms with van der Waals surface area (Å²) in [4.78, 5) is 8.92. The van der Waals surface area contributed by atoms with Crippen LogP contribution >= 0.6 is 18.6 Å². The molecule has 0 aliphatic carbocycles. The zero-order valence-corrected chi connectivity index (χ0v) is 34.0. The summed E-state index contributed by atoms with van der Waals surface area (Å²) in [5.74, 6) is 2.15. The standard InChI is InChI=1S/2C21H25NO2.2ClH.Ti/c2*1-6-11-24-18-9-7-17(8-10-18)22-14-16-12-15(2)13-19(20(16)23)21(3,4)5;;;/h2*6-10,12-14,23H,1,11H2,2-5H3;2*1H;/q;;;;+2/p-2. The maximum absolute atomic E-state index is 10.5. The van der Waals surface area contributed by atoms with E-state index in [0.29, 0.717) is 24.7 Å². The summed E-state index contributed by atoms with van der Waals surface area (Å²) < 4.78 is 10.9. The fourth-order valence-electron chi connectivity index (χ4n) is 4.81. The van der Waals surface area contributed by atoms with Gasteiger partial charge in [0.05, 0.1) is 11.4 Å². The number of rotatable bonds is 10. The molecule has 0 fully saturated rings. The Labute approximate surface area is 321 Å². The Hall–Kier alpha value is -3.81. The van der Waals surface area contributed by atoms with Crippen LogP contribution in [0.15, 0.2) is 108 Å². The molecular formula is C42H50Cl2N2O4Ti. The molecule has 0 heterocycles. The summed E-state index contributed by atoms with van der Waals surface area (Å²) in [7, 11) is 9.78. The molecule has 0 unspecified atom stereocenters. The van der Waals surface area contributed by atoms with Crippen molar-refractivity contribution in [3.05, 3.63) is 131 Å². The molecule has 0 radical (unpaired) electrons. The molecule has 2 N–H and O–H groups in total. The summed E-state index contributed by atoms with van der Waals surface area (Å²) in [5.41, 5.74) is 6.89. The van der Waals surface area contributed by atoms with Crippen LogP contribution in [0.3, 0.4) is 0 Å². The normalized spacial score (nSPS) is 11.3. The van der Waals surface area contributed by atoms with Gasteiger partial charge in [0.2, 0.25) is 0 Å². The zero-order chi connectivity index (χ0) is 38.2. The monoisotopic (exact) mass is 764 g/mol. The van der Waals surface area contributed by atoms with Crippen molar-refractivity contribution in [3.8, 4) is 23.0 Å². The van der Waals surface area contributed by atoms with E-state index in [1.165, 1.54) is 0 Å². The van der Waals surface area contributed by atoms with Crippen molar-refractivity contribution in [2.24, 2.45) is 9.98 Å². The Morgan fingerprint density at radius 2 is 0.941 bits per heavy atom. The number of hydrogen-bond donors (Lipinski definition) is 2. The Balaban J connectivity index is 0.000000328. The van der Waals surface area contributed by atoms with Crippen LogP contribution in [0.2, 0.25) is 0 Å². The fourth-order valence-corrected chi connectivity index (χ4v) is 4.81. The minimum atomic E-state index is -0.556. The van der Waals surface area contributed by atoms with Gasteiger partial charge >= 0.3 is 35.6 Å². The van der Waals surface area contributed by atoms with Gasteiger partial charge in [-0.25, -0.2) is 0 Å². The fraction of sp³-hybridized carbons (Fsp3) is 0.286. The number of halogens is 2. The Morgan fingerprint density at radius 1 is 0.627 bits per heavy atom. The molecule has 4 rings (SSSR count).